The first-order valence-corrected chi connectivity index (χ1v) is 18.7. The van der Waals surface area contributed by atoms with Gasteiger partial charge in [0.15, 0.2) is 0 Å². The van der Waals surface area contributed by atoms with Gasteiger partial charge in [0.1, 0.15) is 23.8 Å². The van der Waals surface area contributed by atoms with Crippen molar-refractivity contribution in [2.24, 2.45) is 0 Å². The van der Waals surface area contributed by atoms with Gasteiger partial charge in [-0.3, -0.25) is 19.4 Å². The molecule has 4 aliphatic heterocycles. The first-order valence-electron chi connectivity index (χ1n) is 18.7. The van der Waals surface area contributed by atoms with Gasteiger partial charge in [0, 0.05) is 59.2 Å². The third kappa shape index (κ3) is 10.2. The molecule has 298 valence electrons. The predicted octanol–water partition coefficient (Wildman–Crippen LogP) is 2.80. The van der Waals surface area contributed by atoms with Gasteiger partial charge in [-0.05, 0) is 49.2 Å². The summed E-state index contributed by atoms with van der Waals surface area (Å²) in [5.74, 6) is -1.32. The van der Waals surface area contributed by atoms with Crippen LogP contribution in [0, 0.1) is 11.6 Å². The minimum absolute atomic E-state index is 0.147. The molecule has 4 saturated heterocycles. The Kier molecular flexibility index (Phi) is 13.1. The van der Waals surface area contributed by atoms with E-state index in [2.05, 4.69) is 16.0 Å². The SMILES string of the molecule is CC(=O)NCC1CN(c2ccc(N3CCN(C(=O)NCCCCCC(=O)NCC4CN(c5ccc(N6CCOCC6)c(F)c5)C(=O)O4)CC3)c(F)c2)C(=O)O1. The number of anilines is 4. The normalized spacial score (nSPS) is 20.0. The molecule has 2 unspecified atom stereocenters. The lowest BCUT2D eigenvalue weighted by molar-refractivity contribution is -0.121. The Morgan fingerprint density at radius 2 is 1.25 bits per heavy atom. The zero-order chi connectivity index (χ0) is 38.9. The molecule has 0 saturated carbocycles. The van der Waals surface area contributed by atoms with Gasteiger partial charge in [0.05, 0.1) is 62.1 Å². The standard InChI is InChI=1S/C37H48F2N8O8/c1-25(48)41-21-28-23-46(36(51)54-28)26-6-8-32(30(38)19-26)43-11-13-45(14-12-43)35(50)40-10-4-2-3-5-34(49)42-22-29-24-47(37(52)55-29)27-7-9-33(31(39)20-27)44-15-17-53-18-16-44/h6-9,19-20,28-29H,2-5,10-18,21-24H2,1H3,(H,40,50)(H,41,48)(H,42,49). The average Bonchev–Trinajstić information content (AvgIpc) is 3.75. The zero-order valence-electron chi connectivity index (χ0n) is 30.9. The molecule has 55 heavy (non-hydrogen) atoms. The number of hydrogen-bond donors (Lipinski definition) is 3. The largest absolute Gasteiger partial charge is 0.442 e. The number of nitrogens with one attached hydrogen (secondary N) is 3. The fourth-order valence-electron chi connectivity index (χ4n) is 6.94. The van der Waals surface area contributed by atoms with Gasteiger partial charge >= 0.3 is 18.2 Å². The number of rotatable bonds is 14. The molecule has 6 rings (SSSR count). The molecule has 0 spiro atoms. The quantitative estimate of drug-likeness (QED) is 0.244. The number of cyclic esters (lactones) is 2. The second-order valence-corrected chi connectivity index (χ2v) is 13.9. The summed E-state index contributed by atoms with van der Waals surface area (Å²) < 4.78 is 46.1. The van der Waals surface area contributed by atoms with Crippen molar-refractivity contribution >= 4 is 52.8 Å². The Morgan fingerprint density at radius 1 is 0.709 bits per heavy atom. The number of halogens is 2. The molecule has 3 N–H and O–H groups in total. The van der Waals surface area contributed by atoms with Gasteiger partial charge in [-0.15, -0.1) is 0 Å². The van der Waals surface area contributed by atoms with Crippen LogP contribution in [0.2, 0.25) is 0 Å². The average molecular weight is 771 g/mol. The second kappa shape index (κ2) is 18.3. The van der Waals surface area contributed by atoms with Crippen LogP contribution in [0.15, 0.2) is 36.4 Å². The Morgan fingerprint density at radius 3 is 1.80 bits per heavy atom. The maximum absolute atomic E-state index is 15.2. The third-order valence-corrected chi connectivity index (χ3v) is 9.96. The molecule has 4 heterocycles. The molecule has 0 radical (unpaired) electrons. The van der Waals surface area contributed by atoms with Crippen LogP contribution in [0.1, 0.15) is 32.6 Å². The van der Waals surface area contributed by atoms with E-state index in [1.165, 1.54) is 28.9 Å². The molecular formula is C37H48F2N8O8. The molecular weight excluding hydrogens is 722 g/mol. The van der Waals surface area contributed by atoms with Crippen molar-refractivity contribution in [2.75, 3.05) is 105 Å². The number of morpholine rings is 1. The maximum Gasteiger partial charge on any atom is 0.414 e. The number of hydrogen-bond acceptors (Lipinski definition) is 10. The van der Waals surface area contributed by atoms with Crippen LogP contribution in [0.4, 0.5) is 45.9 Å². The molecule has 0 aromatic heterocycles. The van der Waals surface area contributed by atoms with E-state index in [0.29, 0.717) is 94.6 Å². The summed E-state index contributed by atoms with van der Waals surface area (Å²) in [6.45, 7) is 6.46. The van der Waals surface area contributed by atoms with Gasteiger partial charge in [0.25, 0.3) is 0 Å². The molecule has 0 aliphatic carbocycles. The lowest BCUT2D eigenvalue weighted by Gasteiger charge is -2.36. The first kappa shape index (κ1) is 39.3. The van der Waals surface area contributed by atoms with E-state index in [-0.39, 0.29) is 50.4 Å². The topological polar surface area (TPSA) is 165 Å². The van der Waals surface area contributed by atoms with E-state index in [4.69, 9.17) is 14.2 Å². The van der Waals surface area contributed by atoms with Crippen LogP contribution in [-0.2, 0) is 23.8 Å². The molecule has 18 heteroatoms. The van der Waals surface area contributed by atoms with E-state index in [9.17, 15) is 28.4 Å². The summed E-state index contributed by atoms with van der Waals surface area (Å²) in [6, 6.07) is 9.02. The van der Waals surface area contributed by atoms with Crippen LogP contribution >= 0.6 is 0 Å². The summed E-state index contributed by atoms with van der Waals surface area (Å²) in [5.41, 5.74) is 1.60. The highest BCUT2D eigenvalue weighted by Gasteiger charge is 2.34. The lowest BCUT2D eigenvalue weighted by atomic mass is 10.2. The number of carbonyl (C=O) groups is 5. The van der Waals surface area contributed by atoms with Gasteiger partial charge in [-0.1, -0.05) is 6.42 Å². The zero-order valence-corrected chi connectivity index (χ0v) is 30.9. The molecule has 16 nitrogen and oxygen atoms in total. The van der Waals surface area contributed by atoms with Crippen LogP contribution in [0.3, 0.4) is 0 Å². The van der Waals surface area contributed by atoms with Crippen molar-refractivity contribution in [1.82, 2.24) is 20.9 Å². The Balaban J connectivity index is 0.827. The number of urea groups is 1. The van der Waals surface area contributed by atoms with Crippen molar-refractivity contribution in [2.45, 2.75) is 44.8 Å². The van der Waals surface area contributed by atoms with Crippen molar-refractivity contribution in [3.05, 3.63) is 48.0 Å². The number of carbonyl (C=O) groups excluding carboxylic acids is 5. The van der Waals surface area contributed by atoms with E-state index in [1.54, 1.807) is 29.2 Å². The highest BCUT2D eigenvalue weighted by Crippen LogP contribution is 2.30. The van der Waals surface area contributed by atoms with Crippen molar-refractivity contribution < 1.29 is 47.0 Å². The minimum Gasteiger partial charge on any atom is -0.442 e. The molecule has 4 fully saturated rings. The first-order chi connectivity index (χ1) is 26.5. The maximum atomic E-state index is 15.2. The fourth-order valence-corrected chi connectivity index (χ4v) is 6.94. The number of unbranched alkanes of at least 4 members (excludes halogenated alkanes) is 2. The Hall–Kier alpha value is -5.39. The molecule has 2 aromatic carbocycles. The Labute approximate surface area is 318 Å². The molecule has 2 aromatic rings. The van der Waals surface area contributed by atoms with Gasteiger partial charge in [0.2, 0.25) is 11.8 Å². The van der Waals surface area contributed by atoms with Gasteiger partial charge in [-0.2, -0.15) is 0 Å². The summed E-state index contributed by atoms with van der Waals surface area (Å²) in [6.07, 6.45) is 0.0298. The summed E-state index contributed by atoms with van der Waals surface area (Å²) in [7, 11) is 0. The number of benzene rings is 2. The minimum atomic E-state index is -0.603. The molecule has 4 aliphatic rings. The predicted molar refractivity (Wildman–Crippen MR) is 198 cm³/mol. The van der Waals surface area contributed by atoms with Crippen LogP contribution in [0.25, 0.3) is 0 Å². The van der Waals surface area contributed by atoms with Crippen LogP contribution < -0.4 is 35.6 Å². The lowest BCUT2D eigenvalue weighted by Crippen LogP contribution is -2.52. The highest BCUT2D eigenvalue weighted by molar-refractivity contribution is 5.91. The molecule has 6 amide bonds. The van der Waals surface area contributed by atoms with E-state index >= 15 is 4.39 Å². The van der Waals surface area contributed by atoms with Crippen LogP contribution in [0.5, 0.6) is 0 Å². The summed E-state index contributed by atoms with van der Waals surface area (Å²) in [4.78, 5) is 69.3. The van der Waals surface area contributed by atoms with Crippen LogP contribution in [-0.4, -0.2) is 132 Å². The number of nitrogens with zero attached hydrogens (tertiary/aromatic N) is 5. The molecule has 0 bridgehead atoms. The van der Waals surface area contributed by atoms with Crippen molar-refractivity contribution in [3.8, 4) is 0 Å². The Bertz CT molecular complexity index is 1720. The number of amides is 6. The van der Waals surface area contributed by atoms with E-state index < -0.39 is 36.0 Å². The highest BCUT2D eigenvalue weighted by atomic mass is 19.1. The van der Waals surface area contributed by atoms with Crippen molar-refractivity contribution in [1.29, 1.82) is 0 Å². The molecule has 2 atom stereocenters. The summed E-state index contributed by atoms with van der Waals surface area (Å²) >= 11 is 0. The number of ether oxygens (including phenoxy) is 3. The summed E-state index contributed by atoms with van der Waals surface area (Å²) in [5, 5.41) is 8.33. The second-order valence-electron chi connectivity index (χ2n) is 13.9. The van der Waals surface area contributed by atoms with Crippen molar-refractivity contribution in [3.63, 3.8) is 0 Å². The third-order valence-electron chi connectivity index (χ3n) is 9.96. The van der Waals surface area contributed by atoms with Gasteiger partial charge < -0.3 is 44.9 Å². The smallest absolute Gasteiger partial charge is 0.414 e. The number of piperazine rings is 1. The fraction of sp³-hybridized carbons (Fsp3) is 0.541. The van der Waals surface area contributed by atoms with E-state index in [1.807, 2.05) is 9.80 Å². The monoisotopic (exact) mass is 770 g/mol. The van der Waals surface area contributed by atoms with Gasteiger partial charge in [-0.25, -0.2) is 23.2 Å². The van der Waals surface area contributed by atoms with E-state index in [0.717, 1.165) is 6.42 Å².